The molecule has 1 unspecified atom stereocenters. The minimum atomic E-state index is -0.434. The van der Waals surface area contributed by atoms with Gasteiger partial charge in [0.25, 0.3) is 0 Å². The summed E-state index contributed by atoms with van der Waals surface area (Å²) in [6.45, 7) is 1.76. The Morgan fingerprint density at radius 1 is 1.15 bits per heavy atom. The van der Waals surface area contributed by atoms with E-state index in [1.807, 2.05) is 12.1 Å². The van der Waals surface area contributed by atoms with Gasteiger partial charge in [-0.3, -0.25) is 4.79 Å². The van der Waals surface area contributed by atoms with Gasteiger partial charge in [0, 0.05) is 16.3 Å². The molecule has 0 aliphatic rings. The summed E-state index contributed by atoms with van der Waals surface area (Å²) in [5.74, 6) is 6.34. The van der Waals surface area contributed by atoms with Gasteiger partial charge in [-0.2, -0.15) is 0 Å². The molecule has 1 amide bonds. The van der Waals surface area contributed by atoms with Crippen LogP contribution < -0.4 is 11.2 Å². The Morgan fingerprint density at radius 3 is 2.54 bits per heavy atom. The standard InChI is InChI=1S/C17H15Cl2N5OS/c1-10(16(25)21-12-8-6-11(18)7-9-12)26-17-23-22-15(24(17)20)13-4-2-3-5-14(13)19/h2-10H,20H2,1H3,(H,21,25). The van der Waals surface area contributed by atoms with E-state index in [0.717, 1.165) is 0 Å². The van der Waals surface area contributed by atoms with Crippen molar-refractivity contribution in [2.75, 3.05) is 11.2 Å². The molecule has 0 fully saturated rings. The van der Waals surface area contributed by atoms with Crippen molar-refractivity contribution in [2.24, 2.45) is 0 Å². The monoisotopic (exact) mass is 407 g/mol. The summed E-state index contributed by atoms with van der Waals surface area (Å²) in [5.41, 5.74) is 1.34. The zero-order valence-corrected chi connectivity index (χ0v) is 16.0. The Kier molecular flexibility index (Phi) is 5.70. The molecule has 3 aromatic rings. The molecule has 0 radical (unpaired) electrons. The van der Waals surface area contributed by atoms with E-state index in [1.165, 1.54) is 16.4 Å². The van der Waals surface area contributed by atoms with Crippen LogP contribution in [0.3, 0.4) is 0 Å². The number of nitrogens with two attached hydrogens (primary N) is 1. The van der Waals surface area contributed by atoms with Crippen LogP contribution in [0.1, 0.15) is 6.92 Å². The van der Waals surface area contributed by atoms with Gasteiger partial charge in [-0.25, -0.2) is 4.68 Å². The predicted molar refractivity (Wildman–Crippen MR) is 106 cm³/mol. The highest BCUT2D eigenvalue weighted by molar-refractivity contribution is 8.00. The number of anilines is 1. The van der Waals surface area contributed by atoms with Crippen LogP contribution in [0.5, 0.6) is 0 Å². The molecule has 6 nitrogen and oxygen atoms in total. The number of carbonyl (C=O) groups is 1. The van der Waals surface area contributed by atoms with Gasteiger partial charge in [0.15, 0.2) is 5.82 Å². The summed E-state index contributed by atoms with van der Waals surface area (Å²) in [6, 6.07) is 14.1. The van der Waals surface area contributed by atoms with Crippen LogP contribution >= 0.6 is 35.0 Å². The number of hydrogen-bond acceptors (Lipinski definition) is 5. The van der Waals surface area contributed by atoms with Crippen molar-refractivity contribution < 1.29 is 4.79 Å². The van der Waals surface area contributed by atoms with Crippen LogP contribution in [0.4, 0.5) is 5.69 Å². The smallest absolute Gasteiger partial charge is 0.237 e. The summed E-state index contributed by atoms with van der Waals surface area (Å²) in [4.78, 5) is 12.4. The molecule has 1 heterocycles. The number of hydrogen-bond donors (Lipinski definition) is 2. The molecule has 0 spiro atoms. The first kappa shape index (κ1) is 18.6. The first-order valence-electron chi connectivity index (χ1n) is 7.64. The number of rotatable bonds is 5. The van der Waals surface area contributed by atoms with Crippen molar-refractivity contribution >= 4 is 46.6 Å². The molecule has 1 aromatic heterocycles. The van der Waals surface area contributed by atoms with Crippen molar-refractivity contribution in [2.45, 2.75) is 17.3 Å². The lowest BCUT2D eigenvalue weighted by Crippen LogP contribution is -2.23. The molecule has 26 heavy (non-hydrogen) atoms. The van der Waals surface area contributed by atoms with E-state index >= 15 is 0 Å². The van der Waals surface area contributed by atoms with Crippen LogP contribution in [0.15, 0.2) is 53.7 Å². The first-order valence-corrected chi connectivity index (χ1v) is 9.27. The number of thioether (sulfide) groups is 1. The predicted octanol–water partition coefficient (Wildman–Crippen LogP) is 4.09. The maximum atomic E-state index is 12.4. The van der Waals surface area contributed by atoms with Crippen molar-refractivity contribution in [3.05, 3.63) is 58.6 Å². The molecular weight excluding hydrogens is 393 g/mol. The summed E-state index contributed by atoms with van der Waals surface area (Å²) in [6.07, 6.45) is 0. The zero-order valence-electron chi connectivity index (χ0n) is 13.7. The molecule has 134 valence electrons. The van der Waals surface area contributed by atoms with Gasteiger partial charge in [0.1, 0.15) is 0 Å². The summed E-state index contributed by atoms with van der Waals surface area (Å²) >= 11 is 13.2. The summed E-state index contributed by atoms with van der Waals surface area (Å²) < 4.78 is 1.33. The fourth-order valence-electron chi connectivity index (χ4n) is 2.17. The van der Waals surface area contributed by atoms with E-state index in [-0.39, 0.29) is 5.91 Å². The summed E-state index contributed by atoms with van der Waals surface area (Å²) in [5, 5.41) is 12.1. The van der Waals surface area contributed by atoms with Crippen LogP contribution in [0.2, 0.25) is 10.0 Å². The van der Waals surface area contributed by atoms with Gasteiger partial charge in [-0.15, -0.1) is 10.2 Å². The van der Waals surface area contributed by atoms with E-state index < -0.39 is 5.25 Å². The number of carbonyl (C=O) groups excluding carboxylic acids is 1. The molecule has 0 aliphatic carbocycles. The third kappa shape index (κ3) is 4.12. The fraction of sp³-hybridized carbons (Fsp3) is 0.118. The van der Waals surface area contributed by atoms with Gasteiger partial charge in [-0.05, 0) is 43.3 Å². The second-order valence-electron chi connectivity index (χ2n) is 5.41. The molecule has 3 N–H and O–H groups in total. The third-order valence-electron chi connectivity index (χ3n) is 3.54. The lowest BCUT2D eigenvalue weighted by molar-refractivity contribution is -0.115. The van der Waals surface area contributed by atoms with Crippen molar-refractivity contribution in [1.29, 1.82) is 0 Å². The molecule has 2 aromatic carbocycles. The van der Waals surface area contributed by atoms with Crippen molar-refractivity contribution in [1.82, 2.24) is 14.9 Å². The van der Waals surface area contributed by atoms with E-state index in [9.17, 15) is 4.79 Å². The molecule has 0 saturated carbocycles. The van der Waals surface area contributed by atoms with Crippen LogP contribution in [0, 0.1) is 0 Å². The SMILES string of the molecule is CC(Sc1nnc(-c2ccccc2Cl)n1N)C(=O)Nc1ccc(Cl)cc1. The summed E-state index contributed by atoms with van der Waals surface area (Å²) in [7, 11) is 0. The normalized spacial score (nSPS) is 12.0. The lowest BCUT2D eigenvalue weighted by atomic mass is 10.2. The quantitative estimate of drug-likeness (QED) is 0.491. The zero-order chi connectivity index (χ0) is 18.7. The van der Waals surface area contributed by atoms with E-state index in [0.29, 0.717) is 32.3 Å². The largest absolute Gasteiger partial charge is 0.335 e. The van der Waals surface area contributed by atoms with Crippen LogP contribution in [-0.2, 0) is 4.79 Å². The van der Waals surface area contributed by atoms with Crippen LogP contribution in [0.25, 0.3) is 11.4 Å². The minimum Gasteiger partial charge on any atom is -0.335 e. The first-order chi connectivity index (χ1) is 12.5. The fourth-order valence-corrected chi connectivity index (χ4v) is 3.29. The Balaban J connectivity index is 1.71. The van der Waals surface area contributed by atoms with Crippen LogP contribution in [-0.4, -0.2) is 26.0 Å². The van der Waals surface area contributed by atoms with E-state index in [4.69, 9.17) is 29.0 Å². The van der Waals surface area contributed by atoms with Gasteiger partial charge in [0.05, 0.1) is 10.3 Å². The number of benzene rings is 2. The maximum absolute atomic E-state index is 12.4. The number of halogens is 2. The lowest BCUT2D eigenvalue weighted by Gasteiger charge is -2.11. The van der Waals surface area contributed by atoms with Crippen molar-refractivity contribution in [3.8, 4) is 11.4 Å². The Morgan fingerprint density at radius 2 is 1.85 bits per heavy atom. The van der Waals surface area contributed by atoms with Gasteiger partial charge in [-0.1, -0.05) is 47.1 Å². The Bertz CT molecular complexity index is 929. The number of nitrogen functional groups attached to an aromatic ring is 1. The highest BCUT2D eigenvalue weighted by Crippen LogP contribution is 2.29. The topological polar surface area (TPSA) is 85.8 Å². The number of amides is 1. The Labute approximate surface area is 164 Å². The molecule has 0 bridgehead atoms. The van der Waals surface area contributed by atoms with Gasteiger partial charge in [0.2, 0.25) is 11.1 Å². The average Bonchev–Trinajstić information content (AvgIpc) is 2.98. The maximum Gasteiger partial charge on any atom is 0.237 e. The second kappa shape index (κ2) is 7.99. The molecule has 9 heteroatoms. The number of nitrogens with one attached hydrogen (secondary N) is 1. The minimum absolute atomic E-state index is 0.181. The Hall–Kier alpha value is -2.22. The van der Waals surface area contributed by atoms with Gasteiger partial charge < -0.3 is 11.2 Å². The number of aromatic nitrogens is 3. The third-order valence-corrected chi connectivity index (χ3v) is 5.18. The van der Waals surface area contributed by atoms with E-state index in [1.54, 1.807) is 43.3 Å². The molecule has 0 saturated heterocycles. The van der Waals surface area contributed by atoms with Crippen molar-refractivity contribution in [3.63, 3.8) is 0 Å². The molecule has 1 atom stereocenters. The highest BCUT2D eigenvalue weighted by atomic mass is 35.5. The second-order valence-corrected chi connectivity index (χ2v) is 7.56. The van der Waals surface area contributed by atoms with Gasteiger partial charge >= 0.3 is 0 Å². The highest BCUT2D eigenvalue weighted by Gasteiger charge is 2.20. The average molecular weight is 408 g/mol. The molecule has 0 aliphatic heterocycles. The van der Waals surface area contributed by atoms with E-state index in [2.05, 4.69) is 15.5 Å². The molecular formula is C17H15Cl2N5OS. The molecule has 3 rings (SSSR count). The number of nitrogens with zero attached hydrogens (tertiary/aromatic N) is 3.